The molecule has 3 nitrogen and oxygen atoms in total. The summed E-state index contributed by atoms with van der Waals surface area (Å²) >= 11 is 0. The third kappa shape index (κ3) is 2.59. The number of fused-ring (bicyclic) bond motifs is 3. The molecule has 1 aliphatic heterocycles. The molecular formula is C24H26BNO2. The summed E-state index contributed by atoms with van der Waals surface area (Å²) in [6.07, 6.45) is 5.44. The molecule has 0 N–H and O–H groups in total. The van der Waals surface area contributed by atoms with Gasteiger partial charge in [-0.2, -0.15) is 0 Å². The standard InChI is InChI=1S/C24H26BNO2/c1-23(2)24(3,4)28-25(27-23)17-14-15-22-20(16-17)19-12-8-9-13-21(19)26(22)18-10-6-5-7-11-18/h5-15,17H,16H2,1-4H3. The Bertz CT molecular complexity index is 1050. The van der Waals surface area contributed by atoms with Crippen LogP contribution in [-0.2, 0) is 15.7 Å². The summed E-state index contributed by atoms with van der Waals surface area (Å²) in [4.78, 5) is 0. The van der Waals surface area contributed by atoms with Gasteiger partial charge >= 0.3 is 7.12 Å². The van der Waals surface area contributed by atoms with E-state index in [0.29, 0.717) is 0 Å². The van der Waals surface area contributed by atoms with Crippen molar-refractivity contribution in [2.24, 2.45) is 0 Å². The quantitative estimate of drug-likeness (QED) is 0.543. The minimum atomic E-state index is -0.302. The largest absolute Gasteiger partial charge is 0.465 e. The van der Waals surface area contributed by atoms with Crippen molar-refractivity contribution in [1.29, 1.82) is 0 Å². The molecule has 142 valence electrons. The topological polar surface area (TPSA) is 23.4 Å². The Morgan fingerprint density at radius 2 is 1.54 bits per heavy atom. The van der Waals surface area contributed by atoms with E-state index in [1.807, 2.05) is 0 Å². The van der Waals surface area contributed by atoms with Crippen molar-refractivity contribution in [2.45, 2.75) is 51.1 Å². The van der Waals surface area contributed by atoms with E-state index < -0.39 is 0 Å². The molecule has 1 aliphatic carbocycles. The van der Waals surface area contributed by atoms with Gasteiger partial charge in [-0.25, -0.2) is 0 Å². The van der Waals surface area contributed by atoms with E-state index in [1.54, 1.807) is 0 Å². The maximum Gasteiger partial charge on any atom is 0.465 e. The lowest BCUT2D eigenvalue weighted by Gasteiger charge is -2.32. The molecule has 3 aromatic rings. The number of rotatable bonds is 2. The van der Waals surface area contributed by atoms with Gasteiger partial charge in [-0.05, 0) is 64.0 Å². The van der Waals surface area contributed by atoms with Crippen molar-refractivity contribution in [1.82, 2.24) is 4.57 Å². The van der Waals surface area contributed by atoms with Crippen molar-refractivity contribution in [3.05, 3.63) is 71.9 Å². The Balaban J connectivity index is 1.58. The van der Waals surface area contributed by atoms with Crippen LogP contribution in [0.3, 0.4) is 0 Å². The summed E-state index contributed by atoms with van der Waals surface area (Å²) in [6.45, 7) is 8.47. The molecule has 1 fully saturated rings. The number of hydrogen-bond acceptors (Lipinski definition) is 2. The molecule has 0 spiro atoms. The van der Waals surface area contributed by atoms with E-state index in [-0.39, 0.29) is 24.1 Å². The van der Waals surface area contributed by atoms with Crippen LogP contribution < -0.4 is 0 Å². The minimum Gasteiger partial charge on any atom is -0.403 e. The highest BCUT2D eigenvalue weighted by molar-refractivity contribution is 6.48. The summed E-state index contributed by atoms with van der Waals surface area (Å²) in [5.74, 6) is 0.212. The van der Waals surface area contributed by atoms with Gasteiger partial charge in [0, 0.05) is 22.6 Å². The van der Waals surface area contributed by atoms with Gasteiger partial charge in [0.1, 0.15) is 0 Å². The Morgan fingerprint density at radius 3 is 2.25 bits per heavy atom. The Labute approximate surface area is 167 Å². The monoisotopic (exact) mass is 371 g/mol. The van der Waals surface area contributed by atoms with Crippen LogP contribution in [0.1, 0.15) is 39.0 Å². The third-order valence-corrected chi connectivity index (χ3v) is 6.60. The van der Waals surface area contributed by atoms with Crippen molar-refractivity contribution < 1.29 is 9.31 Å². The van der Waals surface area contributed by atoms with Gasteiger partial charge in [-0.3, -0.25) is 0 Å². The zero-order valence-electron chi connectivity index (χ0n) is 17.0. The Hall–Kier alpha value is -2.30. The zero-order valence-corrected chi connectivity index (χ0v) is 17.0. The maximum atomic E-state index is 6.34. The fourth-order valence-electron chi connectivity index (χ4n) is 4.34. The predicted octanol–water partition coefficient (Wildman–Crippen LogP) is 5.66. The molecule has 0 saturated carbocycles. The zero-order chi connectivity index (χ0) is 19.5. The first-order valence-electron chi connectivity index (χ1n) is 10.1. The molecule has 1 atom stereocenters. The predicted molar refractivity (Wildman–Crippen MR) is 116 cm³/mol. The maximum absolute atomic E-state index is 6.34. The van der Waals surface area contributed by atoms with Gasteiger partial charge in [-0.15, -0.1) is 0 Å². The highest BCUT2D eigenvalue weighted by atomic mass is 16.7. The average Bonchev–Trinajstić information content (AvgIpc) is 3.12. The number of nitrogens with zero attached hydrogens (tertiary/aromatic N) is 1. The third-order valence-electron chi connectivity index (χ3n) is 6.60. The lowest BCUT2D eigenvalue weighted by Crippen LogP contribution is -2.41. The second kappa shape index (κ2) is 6.10. The number of aromatic nitrogens is 1. The average molecular weight is 371 g/mol. The fourth-order valence-corrected chi connectivity index (χ4v) is 4.34. The normalized spacial score (nSPS) is 22.6. The summed E-state index contributed by atoms with van der Waals surface area (Å²) in [5, 5.41) is 1.31. The van der Waals surface area contributed by atoms with E-state index in [9.17, 15) is 0 Å². The van der Waals surface area contributed by atoms with Crippen LogP contribution in [0.5, 0.6) is 0 Å². The van der Waals surface area contributed by atoms with Gasteiger partial charge in [0.15, 0.2) is 0 Å². The van der Waals surface area contributed by atoms with Gasteiger partial charge in [0.05, 0.1) is 16.7 Å². The van der Waals surface area contributed by atoms with Crippen LogP contribution in [-0.4, -0.2) is 22.9 Å². The molecule has 2 heterocycles. The number of para-hydroxylation sites is 2. The van der Waals surface area contributed by atoms with Crippen molar-refractivity contribution >= 4 is 24.1 Å². The first-order chi connectivity index (χ1) is 13.4. The summed E-state index contributed by atoms with van der Waals surface area (Å²) in [5.41, 5.74) is 4.48. The van der Waals surface area contributed by atoms with E-state index in [2.05, 4.69) is 99.0 Å². The van der Waals surface area contributed by atoms with E-state index in [4.69, 9.17) is 9.31 Å². The molecule has 0 amide bonds. The van der Waals surface area contributed by atoms with Gasteiger partial charge < -0.3 is 13.9 Å². The summed E-state index contributed by atoms with van der Waals surface area (Å²) < 4.78 is 15.0. The highest BCUT2D eigenvalue weighted by Crippen LogP contribution is 2.44. The summed E-state index contributed by atoms with van der Waals surface area (Å²) in [6, 6.07) is 19.3. The highest BCUT2D eigenvalue weighted by Gasteiger charge is 2.53. The molecule has 0 radical (unpaired) electrons. The molecule has 0 bridgehead atoms. The Kier molecular flexibility index (Phi) is 3.87. The second-order valence-corrected chi connectivity index (χ2v) is 8.90. The molecule has 1 unspecified atom stereocenters. The van der Waals surface area contributed by atoms with Gasteiger partial charge in [-0.1, -0.05) is 42.5 Å². The number of benzene rings is 2. The van der Waals surface area contributed by atoms with E-state index in [0.717, 1.165) is 6.42 Å². The lowest BCUT2D eigenvalue weighted by atomic mass is 9.66. The van der Waals surface area contributed by atoms with Gasteiger partial charge in [0.25, 0.3) is 0 Å². The minimum absolute atomic E-state index is 0.212. The lowest BCUT2D eigenvalue weighted by molar-refractivity contribution is 0.00578. The first-order valence-corrected chi connectivity index (χ1v) is 10.1. The molecule has 1 saturated heterocycles. The van der Waals surface area contributed by atoms with Gasteiger partial charge in [0.2, 0.25) is 0 Å². The van der Waals surface area contributed by atoms with Crippen molar-refractivity contribution in [3.8, 4) is 5.69 Å². The van der Waals surface area contributed by atoms with E-state index >= 15 is 0 Å². The van der Waals surface area contributed by atoms with Crippen LogP contribution in [0.4, 0.5) is 0 Å². The molecule has 2 aliphatic rings. The van der Waals surface area contributed by atoms with Crippen molar-refractivity contribution in [3.63, 3.8) is 0 Å². The molecule has 1 aromatic heterocycles. The molecule has 2 aromatic carbocycles. The Morgan fingerprint density at radius 1 is 0.893 bits per heavy atom. The van der Waals surface area contributed by atoms with Crippen LogP contribution in [0.2, 0.25) is 5.82 Å². The number of hydrogen-bond donors (Lipinski definition) is 0. The van der Waals surface area contributed by atoms with E-state index in [1.165, 1.54) is 27.8 Å². The molecule has 5 rings (SSSR count). The smallest absolute Gasteiger partial charge is 0.403 e. The van der Waals surface area contributed by atoms with Crippen LogP contribution in [0, 0.1) is 0 Å². The number of allylic oxidation sites excluding steroid dienone is 1. The molecule has 28 heavy (non-hydrogen) atoms. The SMILES string of the molecule is CC1(C)OB(C2C=Cc3c(c4ccccc4n3-c3ccccc3)C2)OC1(C)C. The van der Waals surface area contributed by atoms with Crippen LogP contribution in [0.25, 0.3) is 22.7 Å². The fraction of sp³-hybridized carbons (Fsp3) is 0.333. The summed E-state index contributed by atoms with van der Waals surface area (Å²) in [7, 11) is -0.215. The molecule has 4 heteroatoms. The van der Waals surface area contributed by atoms with Crippen molar-refractivity contribution in [2.75, 3.05) is 0 Å². The van der Waals surface area contributed by atoms with Crippen LogP contribution in [0.15, 0.2) is 60.7 Å². The first kappa shape index (κ1) is 17.8. The molecular weight excluding hydrogens is 345 g/mol. The van der Waals surface area contributed by atoms with Crippen LogP contribution >= 0.6 is 0 Å². The second-order valence-electron chi connectivity index (χ2n) is 8.90.